The molecule has 1 atom stereocenters. The smallest absolute Gasteiger partial charge is 0.239 e. The fraction of sp³-hybridized carbons (Fsp3) is 0.500. The molecular formula is C14H21N3O3. The van der Waals surface area contributed by atoms with Crippen molar-refractivity contribution in [3.8, 4) is 11.5 Å². The maximum absolute atomic E-state index is 11.8. The predicted molar refractivity (Wildman–Crippen MR) is 75.7 cm³/mol. The second-order valence-electron chi connectivity index (χ2n) is 4.88. The molecule has 0 bridgehead atoms. The Morgan fingerprint density at radius 1 is 1.45 bits per heavy atom. The van der Waals surface area contributed by atoms with E-state index in [4.69, 9.17) is 10.5 Å². The third-order valence-corrected chi connectivity index (χ3v) is 3.53. The lowest BCUT2D eigenvalue weighted by Gasteiger charge is -2.28. The number of phenols is 1. The normalized spacial score (nSPS) is 18.2. The molecule has 110 valence electrons. The molecule has 0 aliphatic carbocycles. The van der Waals surface area contributed by atoms with E-state index in [0.29, 0.717) is 11.3 Å². The number of rotatable bonds is 4. The lowest BCUT2D eigenvalue weighted by molar-refractivity contribution is -0.123. The Balaban J connectivity index is 2.27. The first-order valence-corrected chi connectivity index (χ1v) is 6.74. The minimum atomic E-state index is -0.522. The van der Waals surface area contributed by atoms with Crippen molar-refractivity contribution in [1.82, 2.24) is 10.2 Å². The SMILES string of the molecule is COc1ccc(C(C(N)=O)N2CCCNCC2)cc1O. The molecule has 6 heteroatoms. The third-order valence-electron chi connectivity index (χ3n) is 3.53. The molecule has 6 nitrogen and oxygen atoms in total. The van der Waals surface area contributed by atoms with Crippen LogP contribution in [0.3, 0.4) is 0 Å². The quantitative estimate of drug-likeness (QED) is 0.734. The number of hydrogen-bond donors (Lipinski definition) is 3. The van der Waals surface area contributed by atoms with Crippen LogP contribution < -0.4 is 15.8 Å². The largest absolute Gasteiger partial charge is 0.504 e. The first-order chi connectivity index (χ1) is 9.63. The number of nitrogens with zero attached hydrogens (tertiary/aromatic N) is 1. The average molecular weight is 279 g/mol. The number of ether oxygens (including phenoxy) is 1. The Morgan fingerprint density at radius 3 is 2.90 bits per heavy atom. The number of primary amides is 1. The van der Waals surface area contributed by atoms with E-state index in [1.165, 1.54) is 7.11 Å². The lowest BCUT2D eigenvalue weighted by atomic mass is 10.0. The van der Waals surface area contributed by atoms with Crippen LogP contribution in [0.25, 0.3) is 0 Å². The highest BCUT2D eigenvalue weighted by atomic mass is 16.5. The second kappa shape index (κ2) is 6.58. The summed E-state index contributed by atoms with van der Waals surface area (Å²) < 4.78 is 5.02. The monoisotopic (exact) mass is 279 g/mol. The van der Waals surface area contributed by atoms with Crippen LogP contribution in [-0.2, 0) is 4.79 Å². The highest BCUT2D eigenvalue weighted by molar-refractivity contribution is 5.81. The van der Waals surface area contributed by atoms with E-state index in [2.05, 4.69) is 5.32 Å². The van der Waals surface area contributed by atoms with Gasteiger partial charge in [0.1, 0.15) is 6.04 Å². The van der Waals surface area contributed by atoms with E-state index in [0.717, 1.165) is 32.6 Å². The molecule has 0 aromatic heterocycles. The fourth-order valence-corrected chi connectivity index (χ4v) is 2.56. The van der Waals surface area contributed by atoms with Gasteiger partial charge in [0.05, 0.1) is 7.11 Å². The fourth-order valence-electron chi connectivity index (χ4n) is 2.56. The van der Waals surface area contributed by atoms with E-state index in [9.17, 15) is 9.90 Å². The summed E-state index contributed by atoms with van der Waals surface area (Å²) in [6, 6.07) is 4.45. The number of hydrogen-bond acceptors (Lipinski definition) is 5. The number of carbonyl (C=O) groups is 1. The van der Waals surface area contributed by atoms with Gasteiger partial charge in [-0.25, -0.2) is 0 Å². The van der Waals surface area contributed by atoms with E-state index in [1.807, 2.05) is 4.90 Å². The van der Waals surface area contributed by atoms with E-state index >= 15 is 0 Å². The summed E-state index contributed by atoms with van der Waals surface area (Å²) in [4.78, 5) is 13.9. The zero-order chi connectivity index (χ0) is 14.5. The number of nitrogens with two attached hydrogens (primary N) is 1. The zero-order valence-corrected chi connectivity index (χ0v) is 11.6. The van der Waals surface area contributed by atoms with Crippen molar-refractivity contribution >= 4 is 5.91 Å². The Labute approximate surface area is 118 Å². The third kappa shape index (κ3) is 3.20. The Bertz CT molecular complexity index is 471. The summed E-state index contributed by atoms with van der Waals surface area (Å²) in [5, 5.41) is 13.2. The predicted octanol–water partition coefficient (Wildman–Crippen LogP) is 0.222. The Kier molecular flexibility index (Phi) is 4.81. The molecule has 0 radical (unpaired) electrons. The number of phenolic OH excluding ortho intramolecular Hbond substituents is 1. The van der Waals surface area contributed by atoms with E-state index < -0.39 is 11.9 Å². The second-order valence-corrected chi connectivity index (χ2v) is 4.88. The highest BCUT2D eigenvalue weighted by Crippen LogP contribution is 2.31. The van der Waals surface area contributed by atoms with Crippen LogP contribution in [0.5, 0.6) is 11.5 Å². The summed E-state index contributed by atoms with van der Waals surface area (Å²) >= 11 is 0. The first-order valence-electron chi connectivity index (χ1n) is 6.74. The molecule has 1 saturated heterocycles. The van der Waals surface area contributed by atoms with Crippen LogP contribution in [0.1, 0.15) is 18.0 Å². The van der Waals surface area contributed by atoms with Gasteiger partial charge in [-0.2, -0.15) is 0 Å². The van der Waals surface area contributed by atoms with Crippen LogP contribution in [0.2, 0.25) is 0 Å². The maximum atomic E-state index is 11.8. The zero-order valence-electron chi connectivity index (χ0n) is 11.6. The molecule has 1 aliphatic rings. The minimum absolute atomic E-state index is 0.0178. The van der Waals surface area contributed by atoms with Gasteiger partial charge in [-0.1, -0.05) is 6.07 Å². The van der Waals surface area contributed by atoms with Gasteiger partial charge in [0.2, 0.25) is 5.91 Å². The summed E-state index contributed by atoms with van der Waals surface area (Å²) in [7, 11) is 1.49. The number of carbonyl (C=O) groups excluding carboxylic acids is 1. The first kappa shape index (κ1) is 14.6. The molecular weight excluding hydrogens is 258 g/mol. The van der Waals surface area contributed by atoms with Crippen molar-refractivity contribution in [2.75, 3.05) is 33.3 Å². The molecule has 20 heavy (non-hydrogen) atoms. The summed E-state index contributed by atoms with van der Waals surface area (Å²) in [6.45, 7) is 3.32. The molecule has 1 fully saturated rings. The van der Waals surface area contributed by atoms with E-state index in [-0.39, 0.29) is 5.75 Å². The summed E-state index contributed by atoms with van der Waals surface area (Å²) in [5.74, 6) is -0.00447. The molecule has 1 aromatic rings. The van der Waals surface area contributed by atoms with Gasteiger partial charge in [0, 0.05) is 19.6 Å². The Morgan fingerprint density at radius 2 is 2.25 bits per heavy atom. The summed E-state index contributed by atoms with van der Waals surface area (Å²) in [6.07, 6.45) is 0.964. The van der Waals surface area contributed by atoms with Crippen molar-refractivity contribution in [3.05, 3.63) is 23.8 Å². The highest BCUT2D eigenvalue weighted by Gasteiger charge is 2.26. The molecule has 0 saturated carbocycles. The molecule has 0 spiro atoms. The van der Waals surface area contributed by atoms with Crippen LogP contribution in [0.15, 0.2) is 18.2 Å². The van der Waals surface area contributed by atoms with Gasteiger partial charge in [-0.3, -0.25) is 9.69 Å². The average Bonchev–Trinajstić information content (AvgIpc) is 2.68. The molecule has 1 amide bonds. The standard InChI is InChI=1S/C14H21N3O3/c1-20-12-4-3-10(9-11(12)18)13(14(15)19)17-7-2-5-16-6-8-17/h3-4,9,13,16,18H,2,5-8H2,1H3,(H2,15,19). The van der Waals surface area contributed by atoms with Crippen molar-refractivity contribution < 1.29 is 14.6 Å². The molecule has 4 N–H and O–H groups in total. The van der Waals surface area contributed by atoms with E-state index in [1.54, 1.807) is 18.2 Å². The maximum Gasteiger partial charge on any atom is 0.239 e. The van der Waals surface area contributed by atoms with Gasteiger partial charge < -0.3 is 20.9 Å². The van der Waals surface area contributed by atoms with Crippen molar-refractivity contribution in [1.29, 1.82) is 0 Å². The van der Waals surface area contributed by atoms with Gasteiger partial charge in [-0.15, -0.1) is 0 Å². The van der Waals surface area contributed by atoms with Crippen molar-refractivity contribution in [3.63, 3.8) is 0 Å². The molecule has 1 unspecified atom stereocenters. The molecule has 1 heterocycles. The number of amides is 1. The van der Waals surface area contributed by atoms with Crippen LogP contribution in [-0.4, -0.2) is 49.2 Å². The van der Waals surface area contributed by atoms with Crippen molar-refractivity contribution in [2.24, 2.45) is 5.73 Å². The van der Waals surface area contributed by atoms with Gasteiger partial charge in [0.15, 0.2) is 11.5 Å². The number of benzene rings is 1. The molecule has 1 aliphatic heterocycles. The number of nitrogens with one attached hydrogen (secondary N) is 1. The van der Waals surface area contributed by atoms with Crippen molar-refractivity contribution in [2.45, 2.75) is 12.5 Å². The summed E-state index contributed by atoms with van der Waals surface area (Å²) in [5.41, 5.74) is 6.25. The molecule has 2 rings (SSSR count). The minimum Gasteiger partial charge on any atom is -0.504 e. The van der Waals surface area contributed by atoms with Crippen LogP contribution in [0, 0.1) is 0 Å². The lowest BCUT2D eigenvalue weighted by Crippen LogP contribution is -2.39. The van der Waals surface area contributed by atoms with Crippen LogP contribution in [0.4, 0.5) is 0 Å². The van der Waals surface area contributed by atoms with Gasteiger partial charge >= 0.3 is 0 Å². The number of aromatic hydroxyl groups is 1. The Hall–Kier alpha value is -1.79. The van der Waals surface area contributed by atoms with Gasteiger partial charge in [-0.05, 0) is 30.7 Å². The topological polar surface area (TPSA) is 87.8 Å². The van der Waals surface area contributed by atoms with Crippen LogP contribution >= 0.6 is 0 Å². The van der Waals surface area contributed by atoms with Gasteiger partial charge in [0.25, 0.3) is 0 Å². The number of methoxy groups -OCH3 is 1. The molecule has 1 aromatic carbocycles.